The topological polar surface area (TPSA) is 154 Å². The van der Waals surface area contributed by atoms with Crippen LogP contribution in [0.4, 0.5) is 0 Å². The molecule has 1 saturated carbocycles. The Hall–Kier alpha value is -4.32. The van der Waals surface area contributed by atoms with Gasteiger partial charge >= 0.3 is 0 Å². The minimum absolute atomic E-state index is 0.119. The molecule has 6 rings (SSSR count). The Bertz CT molecular complexity index is 1850. The van der Waals surface area contributed by atoms with E-state index in [9.17, 15) is 9.59 Å². The molecule has 0 bridgehead atoms. The zero-order valence-electron chi connectivity index (χ0n) is 27.5. The second-order valence-electron chi connectivity index (χ2n) is 12.5. The third kappa shape index (κ3) is 7.95. The number of nitrogens with zero attached hydrogens (tertiary/aromatic N) is 4. The molecule has 4 N–H and O–H groups in total. The van der Waals surface area contributed by atoms with Crippen molar-refractivity contribution in [2.45, 2.75) is 70.0 Å². The van der Waals surface area contributed by atoms with E-state index in [-0.39, 0.29) is 17.9 Å². The largest absolute Gasteiger partial charge is 0.480 e. The number of carbonyl (C=O) groups excluding carboxylic acids is 2. The highest BCUT2D eigenvalue weighted by Gasteiger charge is 2.30. The second kappa shape index (κ2) is 15.5. The Kier molecular flexibility index (Phi) is 10.9. The third-order valence-corrected chi connectivity index (χ3v) is 10.00. The lowest BCUT2D eigenvalue weighted by Crippen LogP contribution is -2.42. The molecule has 0 spiro atoms. The van der Waals surface area contributed by atoms with Crippen LogP contribution in [0.15, 0.2) is 48.8 Å². The summed E-state index contributed by atoms with van der Waals surface area (Å²) in [4.78, 5) is 41.5. The van der Waals surface area contributed by atoms with Crippen LogP contribution in [-0.2, 0) is 22.6 Å². The lowest BCUT2D eigenvalue weighted by atomic mass is 9.78. The van der Waals surface area contributed by atoms with Crippen LogP contribution in [0.25, 0.3) is 33.6 Å². The van der Waals surface area contributed by atoms with E-state index in [1.54, 1.807) is 26.6 Å². The van der Waals surface area contributed by atoms with E-state index in [4.69, 9.17) is 48.4 Å². The first-order chi connectivity index (χ1) is 23.7. The zero-order chi connectivity index (χ0) is 34.5. The average Bonchev–Trinajstić information content (AvgIpc) is 3.50. The van der Waals surface area contributed by atoms with E-state index in [0.29, 0.717) is 87.8 Å². The molecule has 0 unspecified atom stereocenters. The molecule has 2 amide bonds. The molecule has 1 saturated heterocycles. The Labute approximate surface area is 295 Å². The number of primary amides is 1. The van der Waals surface area contributed by atoms with Crippen LogP contribution in [-0.4, -0.2) is 58.1 Å². The van der Waals surface area contributed by atoms with E-state index in [1.165, 1.54) is 0 Å². The van der Waals surface area contributed by atoms with Crippen LogP contribution < -0.4 is 25.8 Å². The summed E-state index contributed by atoms with van der Waals surface area (Å²) in [5.41, 5.74) is 10.7. The van der Waals surface area contributed by atoms with Crippen molar-refractivity contribution in [1.82, 2.24) is 30.6 Å². The number of nitrogens with one attached hydrogen (secondary N) is 2. The SMILES string of the molecule is COc1nc(-c2cccc(-c3cccc(-c4cnc(CNC5CC(CC(N)=O)C5)c(OC)n4)c3Cl)c2Cl)cnc1CCC[C@@H]1CCC(=O)N1. The van der Waals surface area contributed by atoms with Crippen molar-refractivity contribution in [3.8, 4) is 45.4 Å². The molecule has 49 heavy (non-hydrogen) atoms. The smallest absolute Gasteiger partial charge is 0.237 e. The quantitative estimate of drug-likeness (QED) is 0.145. The van der Waals surface area contributed by atoms with Crippen LogP contribution in [0.5, 0.6) is 11.8 Å². The molecule has 2 aromatic heterocycles. The Morgan fingerprint density at radius 3 is 2.04 bits per heavy atom. The molecule has 256 valence electrons. The summed E-state index contributed by atoms with van der Waals surface area (Å²) in [5.74, 6) is 1.04. The number of amides is 2. The summed E-state index contributed by atoms with van der Waals surface area (Å²) in [6.07, 6.45) is 9.51. The summed E-state index contributed by atoms with van der Waals surface area (Å²) >= 11 is 14.1. The van der Waals surface area contributed by atoms with Crippen LogP contribution in [0.1, 0.15) is 56.3 Å². The van der Waals surface area contributed by atoms with Crippen molar-refractivity contribution in [3.63, 3.8) is 0 Å². The zero-order valence-corrected chi connectivity index (χ0v) is 29.0. The molecule has 13 heteroatoms. The molecule has 4 aromatic rings. The van der Waals surface area contributed by atoms with Crippen LogP contribution >= 0.6 is 23.2 Å². The first-order valence-electron chi connectivity index (χ1n) is 16.4. The van der Waals surface area contributed by atoms with Crippen molar-refractivity contribution < 1.29 is 19.1 Å². The van der Waals surface area contributed by atoms with Crippen LogP contribution in [0, 0.1) is 5.92 Å². The van der Waals surface area contributed by atoms with E-state index >= 15 is 0 Å². The van der Waals surface area contributed by atoms with Crippen molar-refractivity contribution >= 4 is 35.0 Å². The Morgan fingerprint density at radius 1 is 0.918 bits per heavy atom. The summed E-state index contributed by atoms with van der Waals surface area (Å²) in [6.45, 7) is 0.481. The van der Waals surface area contributed by atoms with Crippen molar-refractivity contribution in [3.05, 3.63) is 70.2 Å². The number of nitrogens with two attached hydrogens (primary N) is 1. The molecule has 2 fully saturated rings. The van der Waals surface area contributed by atoms with Crippen LogP contribution in [0.2, 0.25) is 10.0 Å². The van der Waals surface area contributed by atoms with Gasteiger partial charge in [0, 0.05) is 53.7 Å². The number of aromatic nitrogens is 4. The number of aryl methyl sites for hydroxylation is 1. The minimum atomic E-state index is -0.260. The van der Waals surface area contributed by atoms with Gasteiger partial charge in [-0.2, -0.15) is 0 Å². The fourth-order valence-electron chi connectivity index (χ4n) is 6.55. The molecule has 2 aromatic carbocycles. The molecule has 2 aliphatic rings. The van der Waals surface area contributed by atoms with Crippen molar-refractivity contribution in [1.29, 1.82) is 0 Å². The lowest BCUT2D eigenvalue weighted by Gasteiger charge is -2.35. The van der Waals surface area contributed by atoms with Gasteiger partial charge in [-0.3, -0.25) is 19.6 Å². The predicted octanol–water partition coefficient (Wildman–Crippen LogP) is 5.94. The van der Waals surface area contributed by atoms with Gasteiger partial charge < -0.3 is 25.8 Å². The van der Waals surface area contributed by atoms with Crippen molar-refractivity contribution in [2.75, 3.05) is 14.2 Å². The van der Waals surface area contributed by atoms with Crippen molar-refractivity contribution in [2.24, 2.45) is 11.7 Å². The number of rotatable bonds is 14. The number of hydrogen-bond donors (Lipinski definition) is 3. The number of benzene rings is 2. The molecule has 3 heterocycles. The first kappa shape index (κ1) is 34.5. The molecule has 0 radical (unpaired) electrons. The first-order valence-corrected chi connectivity index (χ1v) is 17.2. The van der Waals surface area contributed by atoms with Gasteiger partial charge in [0.15, 0.2) is 0 Å². The van der Waals surface area contributed by atoms with Crippen LogP contribution in [0.3, 0.4) is 0 Å². The van der Waals surface area contributed by atoms with Gasteiger partial charge in [-0.15, -0.1) is 0 Å². The van der Waals surface area contributed by atoms with E-state index in [0.717, 1.165) is 48.9 Å². The average molecular weight is 705 g/mol. The van der Waals surface area contributed by atoms with Gasteiger partial charge in [0.2, 0.25) is 23.6 Å². The highest BCUT2D eigenvalue weighted by molar-refractivity contribution is 6.39. The van der Waals surface area contributed by atoms with Gasteiger partial charge in [0.25, 0.3) is 0 Å². The maximum absolute atomic E-state index is 11.5. The summed E-state index contributed by atoms with van der Waals surface area (Å²) in [5, 5.41) is 7.42. The van der Waals surface area contributed by atoms with E-state index in [2.05, 4.69) is 20.6 Å². The van der Waals surface area contributed by atoms with E-state index in [1.807, 2.05) is 36.4 Å². The number of halogens is 2. The maximum Gasteiger partial charge on any atom is 0.237 e. The molecular weight excluding hydrogens is 665 g/mol. The van der Waals surface area contributed by atoms with Gasteiger partial charge in [-0.05, 0) is 44.4 Å². The monoisotopic (exact) mass is 703 g/mol. The molecule has 1 aliphatic heterocycles. The fraction of sp³-hybridized carbons (Fsp3) is 0.389. The second-order valence-corrected chi connectivity index (χ2v) is 13.3. The number of methoxy groups -OCH3 is 2. The summed E-state index contributed by atoms with van der Waals surface area (Å²) in [6, 6.07) is 11.9. The number of carbonyl (C=O) groups is 2. The predicted molar refractivity (Wildman–Crippen MR) is 188 cm³/mol. The number of hydrogen-bond acceptors (Lipinski definition) is 9. The highest BCUT2D eigenvalue weighted by Crippen LogP contribution is 2.42. The Morgan fingerprint density at radius 2 is 1.49 bits per heavy atom. The lowest BCUT2D eigenvalue weighted by molar-refractivity contribution is -0.120. The molecule has 1 atom stereocenters. The normalized spacial score (nSPS) is 18.5. The summed E-state index contributed by atoms with van der Waals surface area (Å²) in [7, 11) is 3.14. The maximum atomic E-state index is 11.5. The molecular formula is C36H39Cl2N7O4. The molecule has 11 nitrogen and oxygen atoms in total. The van der Waals surface area contributed by atoms with Gasteiger partial charge in [-0.1, -0.05) is 59.6 Å². The Balaban J connectivity index is 1.19. The highest BCUT2D eigenvalue weighted by atomic mass is 35.5. The third-order valence-electron chi connectivity index (χ3n) is 9.18. The standard InChI is InChI=1S/C36H39Cl2N7O4/c1-48-35-27(11-3-6-21-12-13-32(47)43-21)41-17-28(44-35)25-9-4-7-23(33(25)37)24-8-5-10-26(34(24)38)29-18-42-30(36(45-29)49-2)19-40-22-14-20(15-22)16-31(39)46/h4-5,7-10,17-18,20-22,40H,3,6,11-16,19H2,1-2H3,(H2,39,46)(H,43,47)/t20?,21-,22?/m1/s1. The fourth-order valence-corrected chi connectivity index (χ4v) is 7.20. The van der Waals surface area contributed by atoms with Gasteiger partial charge in [-0.25, -0.2) is 9.97 Å². The van der Waals surface area contributed by atoms with E-state index < -0.39 is 0 Å². The van der Waals surface area contributed by atoms with Gasteiger partial charge in [0.05, 0.1) is 48.0 Å². The van der Waals surface area contributed by atoms with Gasteiger partial charge in [0.1, 0.15) is 11.4 Å². The minimum Gasteiger partial charge on any atom is -0.480 e. The molecule has 1 aliphatic carbocycles. The summed E-state index contributed by atoms with van der Waals surface area (Å²) < 4.78 is 11.2. The number of ether oxygens (including phenoxy) is 2.